The molecule has 5 heteroatoms. The van der Waals surface area contributed by atoms with Crippen molar-refractivity contribution in [1.82, 2.24) is 0 Å². The first-order valence-corrected chi connectivity index (χ1v) is 4.28. The van der Waals surface area contributed by atoms with Crippen LogP contribution in [0.15, 0.2) is 24.3 Å². The van der Waals surface area contributed by atoms with Crippen molar-refractivity contribution in [2.24, 2.45) is 0 Å². The third kappa shape index (κ3) is 1.95. The van der Waals surface area contributed by atoms with Gasteiger partial charge in [-0.25, -0.2) is 0 Å². The van der Waals surface area contributed by atoms with Crippen LogP contribution in [0.25, 0.3) is 10.2 Å². The summed E-state index contributed by atoms with van der Waals surface area (Å²) >= 11 is 1.10. The van der Waals surface area contributed by atoms with Gasteiger partial charge in [0.2, 0.25) is 5.52 Å². The summed E-state index contributed by atoms with van der Waals surface area (Å²) in [5.41, 5.74) is 0.776. The quantitative estimate of drug-likeness (QED) is 0.626. The minimum atomic E-state index is -2.40. The van der Waals surface area contributed by atoms with E-state index >= 15 is 0 Å². The van der Waals surface area contributed by atoms with Gasteiger partial charge in [0.15, 0.2) is 0 Å². The van der Waals surface area contributed by atoms with Crippen LogP contribution in [0, 0.1) is 0 Å². The van der Waals surface area contributed by atoms with E-state index in [4.69, 9.17) is 0 Å². The van der Waals surface area contributed by atoms with Crippen LogP contribution in [0.3, 0.4) is 0 Å². The maximum atomic E-state index is 12.2. The standard InChI is InChI=1S/C8H5F2NS.ClH/c9-7(10)8-11-5-3-1-2-4-6(5)12-8;/h1-4,7H;1H. The largest absolute Gasteiger partial charge is 1.00 e. The van der Waals surface area contributed by atoms with Gasteiger partial charge in [0.25, 0.3) is 0 Å². The molecule has 0 saturated carbocycles. The molecular weight excluding hydrogens is 216 g/mol. The van der Waals surface area contributed by atoms with Crippen molar-refractivity contribution in [1.29, 1.82) is 0 Å². The third-order valence-corrected chi connectivity index (χ3v) is 2.64. The smallest absolute Gasteiger partial charge is 0.331 e. The third-order valence-electron chi connectivity index (χ3n) is 1.56. The zero-order valence-corrected chi connectivity index (χ0v) is 8.00. The van der Waals surface area contributed by atoms with Crippen molar-refractivity contribution >= 4 is 21.6 Å². The Balaban J connectivity index is 0.000000845. The number of halogens is 3. The molecule has 1 N–H and O–H groups in total. The van der Waals surface area contributed by atoms with Gasteiger partial charge in [-0.2, -0.15) is 13.8 Å². The normalized spacial score (nSPS) is 10.4. The number of aromatic amines is 1. The van der Waals surface area contributed by atoms with E-state index in [0.29, 0.717) is 0 Å². The highest BCUT2D eigenvalue weighted by molar-refractivity contribution is 7.18. The number of alkyl halides is 2. The number of aromatic nitrogens is 1. The lowest BCUT2D eigenvalue weighted by Gasteiger charge is -1.80. The summed E-state index contributed by atoms with van der Waals surface area (Å²) in [7, 11) is 0. The molecular formula is C8H6ClF2NS. The topological polar surface area (TPSA) is 14.1 Å². The number of benzene rings is 1. The average molecular weight is 222 g/mol. The number of H-pyrrole nitrogens is 1. The Morgan fingerprint density at radius 3 is 2.54 bits per heavy atom. The Bertz CT molecular complexity index is 369. The molecule has 0 aliphatic rings. The van der Waals surface area contributed by atoms with Crippen molar-refractivity contribution in [3.8, 4) is 0 Å². The van der Waals surface area contributed by atoms with E-state index in [0.717, 1.165) is 21.6 Å². The molecule has 0 bridgehead atoms. The summed E-state index contributed by atoms with van der Waals surface area (Å²) in [6.07, 6.45) is -2.40. The molecule has 2 rings (SSSR count). The monoisotopic (exact) mass is 221 g/mol. The Kier molecular flexibility index (Phi) is 3.17. The highest BCUT2D eigenvalue weighted by Crippen LogP contribution is 2.25. The molecule has 0 amide bonds. The van der Waals surface area contributed by atoms with Gasteiger partial charge in [0.05, 0.1) is 0 Å². The maximum Gasteiger partial charge on any atom is 0.331 e. The number of hydrogen-bond acceptors (Lipinski definition) is 1. The summed E-state index contributed by atoms with van der Waals surface area (Å²) in [4.78, 5) is 2.66. The molecule has 0 unspecified atom stereocenters. The van der Waals surface area contributed by atoms with E-state index in [1.165, 1.54) is 0 Å². The number of para-hydroxylation sites is 1. The van der Waals surface area contributed by atoms with Crippen LogP contribution in [0.1, 0.15) is 11.4 Å². The molecule has 1 heterocycles. The van der Waals surface area contributed by atoms with E-state index in [1.807, 2.05) is 18.2 Å². The number of hydrogen-bond donors (Lipinski definition) is 0. The summed E-state index contributed by atoms with van der Waals surface area (Å²) in [5, 5.41) is 0.0243. The van der Waals surface area contributed by atoms with E-state index in [2.05, 4.69) is 4.98 Å². The second-order valence-electron chi connectivity index (χ2n) is 2.39. The Morgan fingerprint density at radius 2 is 1.92 bits per heavy atom. The van der Waals surface area contributed by atoms with Gasteiger partial charge < -0.3 is 12.4 Å². The predicted molar refractivity (Wildman–Crippen MR) is 43.3 cm³/mol. The molecule has 13 heavy (non-hydrogen) atoms. The number of thiazole rings is 1. The fraction of sp³-hybridized carbons (Fsp3) is 0.125. The average Bonchev–Trinajstić information content (AvgIpc) is 2.46. The molecule has 0 atom stereocenters. The Morgan fingerprint density at radius 1 is 1.23 bits per heavy atom. The zero-order valence-electron chi connectivity index (χ0n) is 6.43. The summed E-state index contributed by atoms with van der Waals surface area (Å²) in [5.74, 6) is 0. The second-order valence-corrected chi connectivity index (χ2v) is 3.47. The van der Waals surface area contributed by atoms with Crippen LogP contribution in [-0.2, 0) is 0 Å². The molecule has 0 aliphatic heterocycles. The van der Waals surface area contributed by atoms with Crippen molar-refractivity contribution in [2.75, 3.05) is 0 Å². The van der Waals surface area contributed by atoms with Gasteiger partial charge in [0.1, 0.15) is 4.70 Å². The number of rotatable bonds is 1. The van der Waals surface area contributed by atoms with Crippen molar-refractivity contribution in [2.45, 2.75) is 6.43 Å². The predicted octanol–water partition coefficient (Wildman–Crippen LogP) is -0.343. The van der Waals surface area contributed by atoms with Gasteiger partial charge in [-0.05, 0) is 6.07 Å². The van der Waals surface area contributed by atoms with Crippen molar-refractivity contribution < 1.29 is 26.2 Å². The fourth-order valence-corrected chi connectivity index (χ4v) is 1.90. The molecule has 0 spiro atoms. The van der Waals surface area contributed by atoms with Crippen molar-refractivity contribution in [3.05, 3.63) is 29.3 Å². The molecule has 1 nitrogen and oxygen atoms in total. The summed E-state index contributed by atoms with van der Waals surface area (Å²) in [6, 6.07) is 7.27. The molecule has 0 aliphatic carbocycles. The van der Waals surface area contributed by atoms with Gasteiger partial charge in [0, 0.05) is 6.07 Å². The first-order chi connectivity index (χ1) is 5.77. The summed E-state index contributed by atoms with van der Waals surface area (Å²) < 4.78 is 25.2. The SMILES string of the molecule is FC(F)c1[nH+]c2ccccc2s1.[Cl-]. The summed E-state index contributed by atoms with van der Waals surface area (Å²) in [6.45, 7) is 0. The lowest BCUT2D eigenvalue weighted by atomic mass is 10.3. The van der Waals surface area contributed by atoms with E-state index in [1.54, 1.807) is 6.07 Å². The van der Waals surface area contributed by atoms with Crippen LogP contribution >= 0.6 is 11.3 Å². The second kappa shape index (κ2) is 3.98. The Labute approximate surface area is 83.8 Å². The first-order valence-electron chi connectivity index (χ1n) is 3.46. The van der Waals surface area contributed by atoms with Gasteiger partial charge in [-0.3, -0.25) is 0 Å². The van der Waals surface area contributed by atoms with E-state index < -0.39 is 6.43 Å². The van der Waals surface area contributed by atoms with E-state index in [-0.39, 0.29) is 17.4 Å². The van der Waals surface area contributed by atoms with Crippen LogP contribution in [0.4, 0.5) is 8.78 Å². The van der Waals surface area contributed by atoms with Crippen LogP contribution in [0.2, 0.25) is 0 Å². The van der Waals surface area contributed by atoms with Gasteiger partial charge >= 0.3 is 11.4 Å². The van der Waals surface area contributed by atoms with E-state index in [9.17, 15) is 8.78 Å². The molecule has 70 valence electrons. The molecule has 1 aromatic carbocycles. The molecule has 2 aromatic rings. The fourth-order valence-electron chi connectivity index (χ4n) is 1.03. The van der Waals surface area contributed by atoms with Crippen LogP contribution in [-0.4, -0.2) is 0 Å². The highest BCUT2D eigenvalue weighted by atomic mass is 35.5. The van der Waals surface area contributed by atoms with Gasteiger partial charge in [-0.15, -0.1) is 0 Å². The highest BCUT2D eigenvalue weighted by Gasteiger charge is 2.19. The molecule has 0 radical (unpaired) electrons. The molecule has 0 saturated heterocycles. The van der Waals surface area contributed by atoms with Crippen LogP contribution < -0.4 is 17.4 Å². The molecule has 1 aromatic heterocycles. The molecule has 0 fully saturated rings. The maximum absolute atomic E-state index is 12.2. The van der Waals surface area contributed by atoms with Gasteiger partial charge in [-0.1, -0.05) is 23.5 Å². The van der Waals surface area contributed by atoms with Crippen molar-refractivity contribution in [3.63, 3.8) is 0 Å². The minimum Gasteiger partial charge on any atom is -1.00 e. The van der Waals surface area contributed by atoms with Crippen LogP contribution in [0.5, 0.6) is 0 Å². The first kappa shape index (κ1) is 10.3. The Hall–Kier alpha value is -0.740. The number of fused-ring (bicyclic) bond motifs is 1. The lowest BCUT2D eigenvalue weighted by molar-refractivity contribution is -0.363. The zero-order chi connectivity index (χ0) is 8.55. The number of nitrogens with one attached hydrogen (secondary N) is 1. The minimum absolute atomic E-state index is 0. The lowest BCUT2D eigenvalue weighted by Crippen LogP contribution is -3.00.